The topological polar surface area (TPSA) is 54.9 Å². The Hall–Kier alpha value is -2.39. The SMILES string of the molecule is CC(Sc1nc(C(F)(F)F)nc2ccccc12)C(=O)Nc1ccc(F)cc1Cl. The maximum absolute atomic E-state index is 13.1. The Bertz CT molecular complexity index is 1050. The van der Waals surface area contributed by atoms with Gasteiger partial charge in [-0.3, -0.25) is 4.79 Å². The molecule has 1 unspecified atom stereocenters. The minimum atomic E-state index is -4.72. The number of hydrogen-bond acceptors (Lipinski definition) is 4. The molecule has 1 amide bonds. The van der Waals surface area contributed by atoms with Gasteiger partial charge in [0.2, 0.25) is 11.7 Å². The molecule has 0 saturated heterocycles. The number of benzene rings is 2. The number of para-hydroxylation sites is 1. The van der Waals surface area contributed by atoms with Crippen LogP contribution < -0.4 is 5.32 Å². The Morgan fingerprint density at radius 2 is 1.89 bits per heavy atom. The fraction of sp³-hybridized carbons (Fsp3) is 0.167. The van der Waals surface area contributed by atoms with Crippen molar-refractivity contribution in [3.05, 3.63) is 59.1 Å². The predicted molar refractivity (Wildman–Crippen MR) is 99.9 cm³/mol. The monoisotopic (exact) mass is 429 g/mol. The molecule has 0 bridgehead atoms. The van der Waals surface area contributed by atoms with Gasteiger partial charge in [0.15, 0.2) is 0 Å². The number of nitrogens with one attached hydrogen (secondary N) is 1. The van der Waals surface area contributed by atoms with E-state index < -0.39 is 29.0 Å². The number of thioether (sulfide) groups is 1. The third-order valence-corrected chi connectivity index (χ3v) is 5.08. The molecule has 0 fully saturated rings. The Morgan fingerprint density at radius 3 is 2.57 bits per heavy atom. The van der Waals surface area contributed by atoms with E-state index in [4.69, 9.17) is 11.6 Å². The summed E-state index contributed by atoms with van der Waals surface area (Å²) in [5.74, 6) is -2.35. The molecule has 0 aliphatic carbocycles. The van der Waals surface area contributed by atoms with Gasteiger partial charge in [-0.05, 0) is 31.2 Å². The number of alkyl halides is 3. The Kier molecular flexibility index (Phi) is 5.76. The van der Waals surface area contributed by atoms with E-state index in [-0.39, 0.29) is 21.3 Å². The first kappa shape index (κ1) is 20.3. The third-order valence-electron chi connectivity index (χ3n) is 3.67. The van der Waals surface area contributed by atoms with Crippen LogP contribution in [0.25, 0.3) is 10.9 Å². The zero-order valence-corrected chi connectivity index (χ0v) is 15.8. The van der Waals surface area contributed by atoms with E-state index in [1.807, 2.05) is 0 Å². The predicted octanol–water partition coefficient (Wildman–Crippen LogP) is 5.56. The van der Waals surface area contributed by atoms with Crippen LogP contribution in [0.2, 0.25) is 5.02 Å². The summed E-state index contributed by atoms with van der Waals surface area (Å²) in [6.45, 7) is 1.52. The minimum absolute atomic E-state index is 0.0115. The van der Waals surface area contributed by atoms with Crippen molar-refractivity contribution < 1.29 is 22.4 Å². The molecular formula is C18H12ClF4N3OS. The summed E-state index contributed by atoms with van der Waals surface area (Å²) in [5.41, 5.74) is 0.325. The Balaban J connectivity index is 1.87. The fourth-order valence-corrected chi connectivity index (χ4v) is 3.46. The van der Waals surface area contributed by atoms with Gasteiger partial charge in [-0.1, -0.05) is 41.6 Å². The number of fused-ring (bicyclic) bond motifs is 1. The maximum atomic E-state index is 13.1. The van der Waals surface area contributed by atoms with Crippen LogP contribution in [0.15, 0.2) is 47.5 Å². The van der Waals surface area contributed by atoms with E-state index >= 15 is 0 Å². The van der Waals surface area contributed by atoms with Crippen molar-refractivity contribution in [1.82, 2.24) is 9.97 Å². The largest absolute Gasteiger partial charge is 0.451 e. The zero-order chi connectivity index (χ0) is 20.5. The summed E-state index contributed by atoms with van der Waals surface area (Å²) in [7, 11) is 0. The smallest absolute Gasteiger partial charge is 0.324 e. The van der Waals surface area contributed by atoms with Gasteiger partial charge in [-0.25, -0.2) is 14.4 Å². The molecule has 2 aromatic carbocycles. The highest BCUT2D eigenvalue weighted by Crippen LogP contribution is 2.34. The number of carbonyl (C=O) groups is 1. The number of carbonyl (C=O) groups excluding carboxylic acids is 1. The molecule has 10 heteroatoms. The van der Waals surface area contributed by atoms with Crippen LogP contribution in [-0.2, 0) is 11.0 Å². The lowest BCUT2D eigenvalue weighted by Gasteiger charge is -2.15. The summed E-state index contributed by atoms with van der Waals surface area (Å²) in [4.78, 5) is 19.6. The van der Waals surface area contributed by atoms with E-state index in [0.717, 1.165) is 23.9 Å². The first-order valence-electron chi connectivity index (χ1n) is 7.91. The average Bonchev–Trinajstić information content (AvgIpc) is 2.63. The normalized spacial score (nSPS) is 12.8. The number of anilines is 1. The van der Waals surface area contributed by atoms with E-state index in [9.17, 15) is 22.4 Å². The van der Waals surface area contributed by atoms with E-state index in [2.05, 4.69) is 15.3 Å². The lowest BCUT2D eigenvalue weighted by molar-refractivity contribution is -0.145. The summed E-state index contributed by atoms with van der Waals surface area (Å²) < 4.78 is 52.4. The van der Waals surface area contributed by atoms with Crippen LogP contribution in [0, 0.1) is 5.82 Å². The quantitative estimate of drug-likeness (QED) is 0.335. The molecule has 1 N–H and O–H groups in total. The van der Waals surface area contributed by atoms with Crippen LogP contribution in [0.1, 0.15) is 12.7 Å². The number of amides is 1. The first-order chi connectivity index (χ1) is 13.1. The van der Waals surface area contributed by atoms with Gasteiger partial charge < -0.3 is 5.32 Å². The molecule has 1 heterocycles. The summed E-state index contributed by atoms with van der Waals surface area (Å²) in [5, 5.41) is 2.17. The summed E-state index contributed by atoms with van der Waals surface area (Å²) >= 11 is 6.74. The van der Waals surface area contributed by atoms with Crippen molar-refractivity contribution in [1.29, 1.82) is 0 Å². The van der Waals surface area contributed by atoms with Crippen molar-refractivity contribution in [3.63, 3.8) is 0 Å². The number of aromatic nitrogens is 2. The molecular weight excluding hydrogens is 418 g/mol. The van der Waals surface area contributed by atoms with Gasteiger partial charge in [-0.15, -0.1) is 0 Å². The molecule has 3 aromatic rings. The van der Waals surface area contributed by atoms with Crippen LogP contribution >= 0.6 is 23.4 Å². The molecule has 0 aliphatic rings. The maximum Gasteiger partial charge on any atom is 0.451 e. The second kappa shape index (κ2) is 7.92. The molecule has 3 rings (SSSR count). The fourth-order valence-electron chi connectivity index (χ4n) is 2.31. The summed E-state index contributed by atoms with van der Waals surface area (Å²) in [6.07, 6.45) is -4.72. The van der Waals surface area contributed by atoms with Crippen molar-refractivity contribution in [2.24, 2.45) is 0 Å². The lowest BCUT2D eigenvalue weighted by Crippen LogP contribution is -2.23. The van der Waals surface area contributed by atoms with Gasteiger partial charge in [0.25, 0.3) is 0 Å². The van der Waals surface area contributed by atoms with E-state index in [1.165, 1.54) is 19.1 Å². The van der Waals surface area contributed by atoms with Crippen molar-refractivity contribution in [3.8, 4) is 0 Å². The number of nitrogens with zero attached hydrogens (tertiary/aromatic N) is 2. The number of hydrogen-bond donors (Lipinski definition) is 1. The minimum Gasteiger partial charge on any atom is -0.324 e. The Morgan fingerprint density at radius 1 is 1.18 bits per heavy atom. The van der Waals surface area contributed by atoms with Crippen LogP contribution in [0.5, 0.6) is 0 Å². The van der Waals surface area contributed by atoms with Gasteiger partial charge >= 0.3 is 6.18 Å². The van der Waals surface area contributed by atoms with E-state index in [1.54, 1.807) is 18.2 Å². The number of halogens is 5. The molecule has 0 spiro atoms. The molecule has 4 nitrogen and oxygen atoms in total. The second-order valence-corrected chi connectivity index (χ2v) is 7.48. The summed E-state index contributed by atoms with van der Waals surface area (Å²) in [6, 6.07) is 9.71. The highest BCUT2D eigenvalue weighted by atomic mass is 35.5. The molecule has 0 aliphatic heterocycles. The standard InChI is InChI=1S/C18H12ClF4N3OS/c1-9(15(27)24-14-7-6-10(20)8-12(14)19)28-16-11-4-2-3-5-13(11)25-17(26-16)18(21,22)23/h2-9H,1H3,(H,24,27). The third kappa shape index (κ3) is 4.53. The molecule has 1 atom stereocenters. The Labute approximate surface area is 166 Å². The van der Waals surface area contributed by atoms with Crippen LogP contribution in [0.4, 0.5) is 23.2 Å². The molecule has 28 heavy (non-hydrogen) atoms. The average molecular weight is 430 g/mol. The van der Waals surface area contributed by atoms with Gasteiger partial charge in [0.1, 0.15) is 10.8 Å². The van der Waals surface area contributed by atoms with Gasteiger partial charge in [0, 0.05) is 5.39 Å². The number of rotatable bonds is 4. The van der Waals surface area contributed by atoms with Crippen molar-refractivity contribution in [2.75, 3.05) is 5.32 Å². The van der Waals surface area contributed by atoms with Crippen LogP contribution in [-0.4, -0.2) is 21.1 Å². The highest BCUT2D eigenvalue weighted by Gasteiger charge is 2.36. The molecule has 1 aromatic heterocycles. The zero-order valence-electron chi connectivity index (χ0n) is 14.2. The lowest BCUT2D eigenvalue weighted by atomic mass is 10.2. The second-order valence-electron chi connectivity index (χ2n) is 5.74. The van der Waals surface area contributed by atoms with Crippen molar-refractivity contribution in [2.45, 2.75) is 23.4 Å². The van der Waals surface area contributed by atoms with E-state index in [0.29, 0.717) is 5.39 Å². The van der Waals surface area contributed by atoms with Crippen molar-refractivity contribution >= 4 is 45.9 Å². The van der Waals surface area contributed by atoms with Gasteiger partial charge in [-0.2, -0.15) is 13.2 Å². The highest BCUT2D eigenvalue weighted by molar-refractivity contribution is 8.00. The van der Waals surface area contributed by atoms with Gasteiger partial charge in [0.05, 0.1) is 21.5 Å². The van der Waals surface area contributed by atoms with Crippen LogP contribution in [0.3, 0.4) is 0 Å². The molecule has 0 radical (unpaired) electrons. The molecule has 0 saturated carbocycles. The molecule has 146 valence electrons. The first-order valence-corrected chi connectivity index (χ1v) is 9.17.